The summed E-state index contributed by atoms with van der Waals surface area (Å²) in [4.78, 5) is 27.2. The van der Waals surface area contributed by atoms with Crippen molar-refractivity contribution in [3.05, 3.63) is 103 Å². The summed E-state index contributed by atoms with van der Waals surface area (Å²) in [6.45, 7) is 5.22. The molecule has 8 heteroatoms. The molecule has 3 aromatic rings. The molecule has 5 nitrogen and oxygen atoms in total. The zero-order chi connectivity index (χ0) is 23.4. The van der Waals surface area contributed by atoms with E-state index < -0.39 is 23.2 Å². The third kappa shape index (κ3) is 4.96. The second-order valence-corrected chi connectivity index (χ2v) is 7.81. The molecule has 0 amide bonds. The van der Waals surface area contributed by atoms with E-state index in [1.165, 1.54) is 13.2 Å². The van der Waals surface area contributed by atoms with Crippen LogP contribution in [-0.2, 0) is 17.8 Å². The van der Waals surface area contributed by atoms with E-state index in [0.717, 1.165) is 17.7 Å². The van der Waals surface area contributed by atoms with Gasteiger partial charge in [-0.2, -0.15) is 0 Å². The highest BCUT2D eigenvalue weighted by molar-refractivity contribution is 9.10. The predicted molar refractivity (Wildman–Crippen MR) is 121 cm³/mol. The molecule has 166 valence electrons. The third-order valence-electron chi connectivity index (χ3n) is 4.94. The Hall–Kier alpha value is -3.26. The van der Waals surface area contributed by atoms with Gasteiger partial charge in [-0.25, -0.2) is 13.6 Å². The number of rotatable bonds is 7. The number of ether oxygens (including phenoxy) is 2. The summed E-state index contributed by atoms with van der Waals surface area (Å²) in [6.07, 6.45) is 1.87. The van der Waals surface area contributed by atoms with E-state index >= 15 is 0 Å². The minimum Gasteiger partial charge on any atom is -0.487 e. The SMILES string of the molecule is C=Cc1ccc(Cc2c(C)[nH]c(=O)c(Br)c2OCc2ccc(F)cc2F)cc1C(=O)OC. The number of carbonyl (C=O) groups is 1. The molecule has 0 aliphatic heterocycles. The van der Waals surface area contributed by atoms with Crippen molar-refractivity contribution in [1.82, 2.24) is 4.98 Å². The molecule has 0 fully saturated rings. The van der Waals surface area contributed by atoms with Gasteiger partial charge in [-0.3, -0.25) is 4.79 Å². The highest BCUT2D eigenvalue weighted by atomic mass is 79.9. The Labute approximate surface area is 191 Å². The topological polar surface area (TPSA) is 68.4 Å². The number of hydrogen-bond donors (Lipinski definition) is 1. The van der Waals surface area contributed by atoms with Crippen LogP contribution in [0, 0.1) is 18.6 Å². The molecule has 1 heterocycles. The van der Waals surface area contributed by atoms with E-state index in [4.69, 9.17) is 9.47 Å². The van der Waals surface area contributed by atoms with Gasteiger partial charge in [-0.15, -0.1) is 0 Å². The lowest BCUT2D eigenvalue weighted by Gasteiger charge is -2.16. The molecule has 0 atom stereocenters. The Morgan fingerprint density at radius 2 is 1.97 bits per heavy atom. The number of carbonyl (C=O) groups excluding carboxylic acids is 1. The minimum atomic E-state index is -0.744. The molecule has 0 saturated carbocycles. The first kappa shape index (κ1) is 23.4. The summed E-state index contributed by atoms with van der Waals surface area (Å²) in [5, 5.41) is 0. The van der Waals surface area contributed by atoms with Crippen LogP contribution in [-0.4, -0.2) is 18.1 Å². The van der Waals surface area contributed by atoms with Crippen LogP contribution in [0.1, 0.15) is 38.3 Å². The summed E-state index contributed by atoms with van der Waals surface area (Å²) in [6, 6.07) is 8.45. The van der Waals surface area contributed by atoms with E-state index in [-0.39, 0.29) is 22.4 Å². The molecule has 32 heavy (non-hydrogen) atoms. The summed E-state index contributed by atoms with van der Waals surface area (Å²) in [5.74, 6) is -1.69. The van der Waals surface area contributed by atoms with Gasteiger partial charge in [0.1, 0.15) is 28.5 Å². The quantitative estimate of drug-likeness (QED) is 0.442. The van der Waals surface area contributed by atoms with Crippen LogP contribution in [0.25, 0.3) is 6.08 Å². The van der Waals surface area contributed by atoms with E-state index in [0.29, 0.717) is 28.8 Å². The fraction of sp³-hybridized carbons (Fsp3) is 0.167. The van der Waals surface area contributed by atoms with Gasteiger partial charge in [0.25, 0.3) is 5.56 Å². The lowest BCUT2D eigenvalue weighted by Crippen LogP contribution is -2.15. The number of H-pyrrole nitrogens is 1. The van der Waals surface area contributed by atoms with Crippen molar-refractivity contribution >= 4 is 28.0 Å². The molecular weight excluding hydrogens is 484 g/mol. The lowest BCUT2D eigenvalue weighted by atomic mass is 9.98. The average Bonchev–Trinajstić information content (AvgIpc) is 2.77. The molecule has 0 bridgehead atoms. The average molecular weight is 504 g/mol. The molecule has 1 N–H and O–H groups in total. The normalized spacial score (nSPS) is 10.7. The van der Waals surface area contributed by atoms with Gasteiger partial charge in [0.2, 0.25) is 0 Å². The number of aromatic amines is 1. The first-order chi connectivity index (χ1) is 15.2. The zero-order valence-corrected chi connectivity index (χ0v) is 19.0. The van der Waals surface area contributed by atoms with Crippen molar-refractivity contribution in [1.29, 1.82) is 0 Å². The molecule has 0 spiro atoms. The highest BCUT2D eigenvalue weighted by Gasteiger charge is 2.18. The number of halogens is 3. The van der Waals surface area contributed by atoms with Gasteiger partial charge in [0.15, 0.2) is 0 Å². The Balaban J connectivity index is 2.00. The Morgan fingerprint density at radius 1 is 1.22 bits per heavy atom. The maximum absolute atomic E-state index is 14.0. The van der Waals surface area contributed by atoms with Crippen LogP contribution in [0.3, 0.4) is 0 Å². The molecule has 2 aromatic carbocycles. The van der Waals surface area contributed by atoms with Crippen molar-refractivity contribution in [2.24, 2.45) is 0 Å². The molecule has 0 aliphatic rings. The number of aryl methyl sites for hydroxylation is 1. The van der Waals surface area contributed by atoms with Crippen LogP contribution >= 0.6 is 15.9 Å². The maximum Gasteiger partial charge on any atom is 0.338 e. The largest absolute Gasteiger partial charge is 0.487 e. The van der Waals surface area contributed by atoms with Crippen molar-refractivity contribution in [3.63, 3.8) is 0 Å². The number of methoxy groups -OCH3 is 1. The van der Waals surface area contributed by atoms with Crippen LogP contribution in [0.5, 0.6) is 5.75 Å². The van der Waals surface area contributed by atoms with E-state index in [1.807, 2.05) is 6.07 Å². The molecular formula is C24H20BrF2NO4. The fourth-order valence-corrected chi connectivity index (χ4v) is 3.69. The standard InChI is InChI=1S/C24H20BrF2NO4/c1-4-15-6-5-14(10-19(15)24(30)31-3)9-18-13(2)28-23(29)21(25)22(18)32-12-16-7-8-17(26)11-20(16)27/h4-8,10-11H,1,9,12H2,2-3H3,(H,28,29). The lowest BCUT2D eigenvalue weighted by molar-refractivity contribution is 0.0600. The van der Waals surface area contributed by atoms with Gasteiger partial charge in [0.05, 0.1) is 12.7 Å². The van der Waals surface area contributed by atoms with E-state index in [1.54, 1.807) is 25.1 Å². The van der Waals surface area contributed by atoms with Crippen molar-refractivity contribution in [3.8, 4) is 5.75 Å². The summed E-state index contributed by atoms with van der Waals surface area (Å²) >= 11 is 3.24. The summed E-state index contributed by atoms with van der Waals surface area (Å²) in [5.41, 5.74) is 2.68. The van der Waals surface area contributed by atoms with Crippen molar-refractivity contribution < 1.29 is 23.0 Å². The molecule has 3 rings (SSSR count). The van der Waals surface area contributed by atoms with Crippen molar-refractivity contribution in [2.75, 3.05) is 7.11 Å². The second-order valence-electron chi connectivity index (χ2n) is 7.02. The zero-order valence-electron chi connectivity index (χ0n) is 17.4. The first-order valence-corrected chi connectivity index (χ1v) is 10.4. The Bertz CT molecular complexity index is 1250. The molecule has 0 radical (unpaired) electrons. The Morgan fingerprint density at radius 3 is 2.62 bits per heavy atom. The first-order valence-electron chi connectivity index (χ1n) is 9.56. The fourth-order valence-electron chi connectivity index (χ4n) is 3.24. The second kappa shape index (κ2) is 9.91. The van der Waals surface area contributed by atoms with Crippen LogP contribution in [0.4, 0.5) is 8.78 Å². The third-order valence-corrected chi connectivity index (χ3v) is 5.66. The number of nitrogens with one attached hydrogen (secondary N) is 1. The Kier molecular flexibility index (Phi) is 7.25. The number of aromatic nitrogens is 1. The predicted octanol–water partition coefficient (Wildman–Crippen LogP) is 5.32. The number of benzene rings is 2. The van der Waals surface area contributed by atoms with E-state index in [2.05, 4.69) is 27.5 Å². The van der Waals surface area contributed by atoms with Gasteiger partial charge >= 0.3 is 5.97 Å². The summed E-state index contributed by atoms with van der Waals surface area (Å²) in [7, 11) is 1.30. The van der Waals surface area contributed by atoms with Crippen LogP contribution < -0.4 is 10.3 Å². The van der Waals surface area contributed by atoms with Gasteiger partial charge in [0, 0.05) is 29.3 Å². The van der Waals surface area contributed by atoms with E-state index in [9.17, 15) is 18.4 Å². The highest BCUT2D eigenvalue weighted by Crippen LogP contribution is 2.31. The molecule has 0 saturated heterocycles. The van der Waals surface area contributed by atoms with Gasteiger partial charge in [-0.1, -0.05) is 24.8 Å². The molecule has 0 unspecified atom stereocenters. The maximum atomic E-state index is 14.0. The smallest absolute Gasteiger partial charge is 0.338 e. The monoisotopic (exact) mass is 503 g/mol. The number of hydrogen-bond acceptors (Lipinski definition) is 4. The summed E-state index contributed by atoms with van der Waals surface area (Å²) < 4.78 is 38.0. The molecule has 1 aromatic heterocycles. The molecule has 0 aliphatic carbocycles. The minimum absolute atomic E-state index is 0.144. The van der Waals surface area contributed by atoms with Crippen LogP contribution in [0.15, 0.2) is 52.2 Å². The van der Waals surface area contributed by atoms with Gasteiger partial charge in [-0.05, 0) is 52.2 Å². The van der Waals surface area contributed by atoms with Gasteiger partial charge < -0.3 is 14.5 Å². The van der Waals surface area contributed by atoms with Crippen molar-refractivity contribution in [2.45, 2.75) is 20.0 Å². The number of esters is 1. The van der Waals surface area contributed by atoms with Crippen LogP contribution in [0.2, 0.25) is 0 Å². The number of pyridine rings is 1.